The van der Waals surface area contributed by atoms with Crippen LogP contribution >= 0.6 is 15.9 Å². The molecule has 0 aromatic heterocycles. The molecule has 2 aromatic carbocycles. The van der Waals surface area contributed by atoms with Crippen LogP contribution in [0.4, 0.5) is 0 Å². The van der Waals surface area contributed by atoms with Gasteiger partial charge >= 0.3 is 0 Å². The van der Waals surface area contributed by atoms with Gasteiger partial charge in [0.15, 0.2) is 0 Å². The van der Waals surface area contributed by atoms with Gasteiger partial charge in [0.2, 0.25) is 0 Å². The van der Waals surface area contributed by atoms with Crippen molar-refractivity contribution >= 4 is 27.5 Å². The number of hydrogen-bond donors (Lipinski definition) is 2. The molecule has 0 unspecified atom stereocenters. The second kappa shape index (κ2) is 6.34. The van der Waals surface area contributed by atoms with E-state index in [0.717, 1.165) is 10.0 Å². The number of carbonyl (C=O) groups is 1. The molecule has 0 aliphatic rings. The minimum absolute atomic E-state index is 0.0692. The second-order valence-electron chi connectivity index (χ2n) is 4.17. The Morgan fingerprint density at radius 1 is 1.20 bits per heavy atom. The van der Waals surface area contributed by atoms with Gasteiger partial charge in [-0.2, -0.15) is 5.10 Å². The van der Waals surface area contributed by atoms with E-state index in [1.165, 1.54) is 12.1 Å². The van der Waals surface area contributed by atoms with Crippen LogP contribution in [-0.2, 0) is 0 Å². The molecular weight excluding hydrogens is 320 g/mol. The van der Waals surface area contributed by atoms with Gasteiger partial charge in [0, 0.05) is 4.47 Å². The number of nitrogens with zero attached hydrogens (tertiary/aromatic N) is 1. The molecule has 0 radical (unpaired) electrons. The minimum atomic E-state index is -0.447. The molecule has 0 fully saturated rings. The molecule has 0 aliphatic heterocycles. The van der Waals surface area contributed by atoms with E-state index in [9.17, 15) is 9.90 Å². The van der Waals surface area contributed by atoms with E-state index in [1.54, 1.807) is 19.1 Å². The van der Waals surface area contributed by atoms with Crippen molar-refractivity contribution in [2.45, 2.75) is 6.92 Å². The van der Waals surface area contributed by atoms with E-state index in [4.69, 9.17) is 0 Å². The quantitative estimate of drug-likeness (QED) is 0.669. The predicted molar refractivity (Wildman–Crippen MR) is 81.9 cm³/mol. The number of hydrazone groups is 1. The van der Waals surface area contributed by atoms with E-state index in [1.807, 2.05) is 24.3 Å². The number of nitrogens with one attached hydrogen (secondary N) is 1. The van der Waals surface area contributed by atoms with Crippen LogP contribution in [0, 0.1) is 0 Å². The summed E-state index contributed by atoms with van der Waals surface area (Å²) in [6.45, 7) is 1.80. The summed E-state index contributed by atoms with van der Waals surface area (Å²) >= 11 is 3.38. The zero-order valence-electron chi connectivity index (χ0n) is 10.8. The zero-order chi connectivity index (χ0) is 14.5. The summed E-state index contributed by atoms with van der Waals surface area (Å²) in [5.74, 6) is -0.516. The average Bonchev–Trinajstić information content (AvgIpc) is 2.45. The van der Waals surface area contributed by atoms with Gasteiger partial charge in [0.25, 0.3) is 5.91 Å². The predicted octanol–water partition coefficient (Wildman–Crippen LogP) is 3.31. The highest BCUT2D eigenvalue weighted by Gasteiger charge is 2.09. The van der Waals surface area contributed by atoms with Crippen LogP contribution in [0.2, 0.25) is 0 Å². The lowest BCUT2D eigenvalue weighted by atomic mass is 10.1. The summed E-state index contributed by atoms with van der Waals surface area (Å²) in [5, 5.41) is 13.6. The number of phenols is 1. The Bertz CT molecular complexity index is 668. The van der Waals surface area contributed by atoms with Crippen molar-refractivity contribution in [3.8, 4) is 5.75 Å². The molecule has 102 valence electrons. The summed E-state index contributed by atoms with van der Waals surface area (Å²) in [4.78, 5) is 11.9. The number of aromatic hydroxyl groups is 1. The Kier molecular flexibility index (Phi) is 4.53. The Hall–Kier alpha value is -2.14. The summed E-state index contributed by atoms with van der Waals surface area (Å²) in [7, 11) is 0. The minimum Gasteiger partial charge on any atom is -0.507 e. The van der Waals surface area contributed by atoms with E-state index in [2.05, 4.69) is 26.5 Å². The number of benzene rings is 2. The third-order valence-corrected chi connectivity index (χ3v) is 3.21. The third-order valence-electron chi connectivity index (χ3n) is 2.72. The van der Waals surface area contributed by atoms with Gasteiger partial charge < -0.3 is 5.11 Å². The van der Waals surface area contributed by atoms with Crippen LogP contribution in [0.25, 0.3) is 0 Å². The summed E-state index contributed by atoms with van der Waals surface area (Å²) in [6, 6.07) is 13.9. The van der Waals surface area contributed by atoms with Crippen LogP contribution in [-0.4, -0.2) is 16.7 Å². The zero-order valence-corrected chi connectivity index (χ0v) is 12.4. The van der Waals surface area contributed by atoms with Gasteiger partial charge in [-0.05, 0) is 36.8 Å². The Morgan fingerprint density at radius 2 is 1.95 bits per heavy atom. The van der Waals surface area contributed by atoms with E-state index in [0.29, 0.717) is 5.71 Å². The number of amides is 1. The number of carbonyl (C=O) groups excluding carboxylic acids is 1. The van der Waals surface area contributed by atoms with Gasteiger partial charge in [0.1, 0.15) is 5.75 Å². The summed E-state index contributed by atoms with van der Waals surface area (Å²) in [6.07, 6.45) is 0. The van der Waals surface area contributed by atoms with Crippen molar-refractivity contribution in [1.82, 2.24) is 5.43 Å². The van der Waals surface area contributed by atoms with Crippen molar-refractivity contribution in [3.63, 3.8) is 0 Å². The largest absolute Gasteiger partial charge is 0.507 e. The highest BCUT2D eigenvalue weighted by molar-refractivity contribution is 9.10. The molecule has 0 atom stereocenters. The first-order valence-corrected chi connectivity index (χ1v) is 6.76. The smallest absolute Gasteiger partial charge is 0.275 e. The second-order valence-corrected chi connectivity index (χ2v) is 5.08. The number of para-hydroxylation sites is 1. The maximum atomic E-state index is 11.9. The Morgan fingerprint density at radius 3 is 2.65 bits per heavy atom. The van der Waals surface area contributed by atoms with Gasteiger partial charge in [-0.15, -0.1) is 0 Å². The Balaban J connectivity index is 2.13. The molecule has 4 nitrogen and oxygen atoms in total. The normalized spacial score (nSPS) is 11.2. The van der Waals surface area contributed by atoms with Crippen LogP contribution < -0.4 is 5.43 Å². The lowest BCUT2D eigenvalue weighted by Crippen LogP contribution is -2.19. The summed E-state index contributed by atoms with van der Waals surface area (Å²) < 4.78 is 0.941. The molecule has 5 heteroatoms. The molecule has 0 saturated heterocycles. The van der Waals surface area contributed by atoms with Crippen molar-refractivity contribution in [2.24, 2.45) is 5.10 Å². The highest BCUT2D eigenvalue weighted by atomic mass is 79.9. The molecule has 0 heterocycles. The third kappa shape index (κ3) is 3.45. The molecule has 1 amide bonds. The fourth-order valence-electron chi connectivity index (χ4n) is 1.64. The molecule has 0 aliphatic carbocycles. The molecular formula is C15H13BrN2O2. The van der Waals surface area contributed by atoms with Gasteiger partial charge in [-0.3, -0.25) is 4.79 Å². The lowest BCUT2D eigenvalue weighted by molar-refractivity contribution is 0.0952. The van der Waals surface area contributed by atoms with Crippen LogP contribution in [0.5, 0.6) is 5.75 Å². The molecule has 2 rings (SSSR count). The lowest BCUT2D eigenvalue weighted by Gasteiger charge is -2.04. The number of rotatable bonds is 3. The molecule has 0 saturated carbocycles. The fourth-order valence-corrected chi connectivity index (χ4v) is 2.04. The number of halogens is 1. The molecule has 20 heavy (non-hydrogen) atoms. The maximum absolute atomic E-state index is 11.9. The van der Waals surface area contributed by atoms with Gasteiger partial charge in [-0.25, -0.2) is 5.43 Å². The van der Waals surface area contributed by atoms with Gasteiger partial charge in [-0.1, -0.05) is 40.2 Å². The molecule has 0 spiro atoms. The number of hydrogen-bond acceptors (Lipinski definition) is 3. The van der Waals surface area contributed by atoms with Crippen molar-refractivity contribution in [3.05, 3.63) is 64.1 Å². The number of phenolic OH excluding ortho intramolecular Hbond substituents is 1. The SMILES string of the molecule is CC(=NNC(=O)c1ccccc1O)c1cccc(Br)c1. The van der Waals surface area contributed by atoms with Crippen LogP contribution in [0.1, 0.15) is 22.8 Å². The maximum Gasteiger partial charge on any atom is 0.275 e. The Labute approximate surface area is 125 Å². The molecule has 2 N–H and O–H groups in total. The van der Waals surface area contributed by atoms with Gasteiger partial charge in [0.05, 0.1) is 11.3 Å². The average molecular weight is 333 g/mol. The molecule has 0 bridgehead atoms. The first-order chi connectivity index (χ1) is 9.58. The van der Waals surface area contributed by atoms with E-state index in [-0.39, 0.29) is 11.3 Å². The van der Waals surface area contributed by atoms with Crippen LogP contribution in [0.15, 0.2) is 58.1 Å². The first kappa shape index (κ1) is 14.3. The van der Waals surface area contributed by atoms with Crippen LogP contribution in [0.3, 0.4) is 0 Å². The summed E-state index contributed by atoms with van der Waals surface area (Å²) in [5.41, 5.74) is 4.20. The highest BCUT2D eigenvalue weighted by Crippen LogP contribution is 2.15. The molecule has 2 aromatic rings. The van der Waals surface area contributed by atoms with E-state index < -0.39 is 5.91 Å². The van der Waals surface area contributed by atoms with Crippen molar-refractivity contribution in [1.29, 1.82) is 0 Å². The topological polar surface area (TPSA) is 61.7 Å². The van der Waals surface area contributed by atoms with E-state index >= 15 is 0 Å². The van der Waals surface area contributed by atoms with Crippen molar-refractivity contribution < 1.29 is 9.90 Å². The fraction of sp³-hybridized carbons (Fsp3) is 0.0667. The van der Waals surface area contributed by atoms with Crippen molar-refractivity contribution in [2.75, 3.05) is 0 Å². The standard InChI is InChI=1S/C15H13BrN2O2/c1-10(11-5-4-6-12(16)9-11)17-18-15(20)13-7-2-3-8-14(13)19/h2-9,19H,1H3,(H,18,20). The monoisotopic (exact) mass is 332 g/mol. The first-order valence-electron chi connectivity index (χ1n) is 5.96.